The monoisotopic (exact) mass is 776 g/mol. The Morgan fingerprint density at radius 3 is 1.91 bits per heavy atom. The van der Waals surface area contributed by atoms with Gasteiger partial charge < -0.3 is 90.9 Å². The third-order valence-corrected chi connectivity index (χ3v) is 8.85. The van der Waals surface area contributed by atoms with Gasteiger partial charge in [0.1, 0.15) is 18.2 Å². The van der Waals surface area contributed by atoms with Gasteiger partial charge in [0.25, 0.3) is 0 Å². The summed E-state index contributed by atoms with van der Waals surface area (Å²) >= 11 is 0. The SMILES string of the molecule is NCCC[C@H](N)CC(=O)NCCC[C@H](N)CC(=O)NCCC[C@H](N)CC(=O)N[C@H]1[C@H](O)[C@@H](OC(N)=O)[C@H](CO)O[C@H]1NC1=N[C@H](C(=O)O)[C@@H]([C@H](O)CN)N1. The van der Waals surface area contributed by atoms with Gasteiger partial charge in [-0.25, -0.2) is 14.6 Å². The van der Waals surface area contributed by atoms with E-state index in [2.05, 4.69) is 31.6 Å². The minimum absolute atomic E-state index is 0.0815. The molecule has 0 aromatic heterocycles. The second kappa shape index (κ2) is 23.8. The molecule has 0 spiro atoms. The number of hydrogen-bond donors (Lipinski definition) is 15. The number of hydrogen-bond acceptors (Lipinski definition) is 18. The molecule has 1 fully saturated rings. The molecule has 23 nitrogen and oxygen atoms in total. The first-order chi connectivity index (χ1) is 25.6. The summed E-state index contributed by atoms with van der Waals surface area (Å²) in [5, 5.41) is 54.3. The number of aliphatic imine (C=N–C) groups is 1. The van der Waals surface area contributed by atoms with Crippen LogP contribution in [0.25, 0.3) is 0 Å². The smallest absolute Gasteiger partial charge is 0.404 e. The van der Waals surface area contributed by atoms with E-state index in [4.69, 9.17) is 43.9 Å². The Morgan fingerprint density at radius 2 is 1.43 bits per heavy atom. The van der Waals surface area contributed by atoms with E-state index < -0.39 is 85.4 Å². The van der Waals surface area contributed by atoms with Gasteiger partial charge in [0.2, 0.25) is 17.7 Å². The molecule has 1 saturated heterocycles. The molecule has 11 atom stereocenters. The number of nitrogens with one attached hydrogen (secondary N) is 5. The molecule has 310 valence electrons. The zero-order valence-corrected chi connectivity index (χ0v) is 30.3. The number of primary amides is 1. The number of amides is 4. The van der Waals surface area contributed by atoms with Crippen molar-refractivity contribution in [1.82, 2.24) is 26.6 Å². The number of carboxylic acid groups (broad SMARTS) is 1. The van der Waals surface area contributed by atoms with Crippen LogP contribution in [-0.2, 0) is 28.7 Å². The van der Waals surface area contributed by atoms with Crippen LogP contribution in [0.2, 0.25) is 0 Å². The van der Waals surface area contributed by atoms with E-state index in [1.807, 2.05) is 0 Å². The molecular weight excluding hydrogens is 716 g/mol. The predicted molar refractivity (Wildman–Crippen MR) is 193 cm³/mol. The fourth-order valence-electron chi connectivity index (χ4n) is 6.01. The van der Waals surface area contributed by atoms with E-state index in [0.717, 1.165) is 6.42 Å². The Morgan fingerprint density at radius 1 is 0.889 bits per heavy atom. The molecule has 21 N–H and O–H groups in total. The van der Waals surface area contributed by atoms with Crippen molar-refractivity contribution in [3.63, 3.8) is 0 Å². The summed E-state index contributed by atoms with van der Waals surface area (Å²) < 4.78 is 10.7. The number of aliphatic hydroxyl groups is 3. The molecule has 0 radical (unpaired) electrons. The number of nitrogens with zero attached hydrogens (tertiary/aromatic N) is 1. The number of aliphatic carboxylic acids is 1. The summed E-state index contributed by atoms with van der Waals surface area (Å²) in [6.07, 6.45) is -5.15. The lowest BCUT2D eigenvalue weighted by atomic mass is 9.95. The largest absolute Gasteiger partial charge is 0.480 e. The number of guanidine groups is 1. The third kappa shape index (κ3) is 15.8. The molecule has 2 aliphatic heterocycles. The van der Waals surface area contributed by atoms with Crippen LogP contribution in [0, 0.1) is 0 Å². The van der Waals surface area contributed by atoms with Crippen LogP contribution in [0.5, 0.6) is 0 Å². The highest BCUT2D eigenvalue weighted by Crippen LogP contribution is 2.24. The van der Waals surface area contributed by atoms with Gasteiger partial charge in [0.05, 0.1) is 18.8 Å². The fourth-order valence-corrected chi connectivity index (χ4v) is 6.01. The summed E-state index contributed by atoms with van der Waals surface area (Å²) in [4.78, 5) is 64.7. The Kier molecular flexibility index (Phi) is 20.3. The van der Waals surface area contributed by atoms with Crippen LogP contribution >= 0.6 is 0 Å². The van der Waals surface area contributed by atoms with E-state index in [0.29, 0.717) is 45.2 Å². The lowest BCUT2D eigenvalue weighted by molar-refractivity contribution is -0.198. The summed E-state index contributed by atoms with van der Waals surface area (Å²) in [6.45, 7) is 0.173. The lowest BCUT2D eigenvalue weighted by Gasteiger charge is -2.44. The molecule has 0 unspecified atom stereocenters. The Labute approximate surface area is 313 Å². The summed E-state index contributed by atoms with van der Waals surface area (Å²) in [5.74, 6) is -2.60. The molecule has 2 heterocycles. The molecular formula is C31H60N12O11. The number of carbonyl (C=O) groups excluding carboxylic acids is 4. The second-order valence-electron chi connectivity index (χ2n) is 13.4. The minimum Gasteiger partial charge on any atom is -0.480 e. The number of ether oxygens (including phenoxy) is 2. The van der Waals surface area contributed by atoms with Crippen molar-refractivity contribution in [3.8, 4) is 0 Å². The van der Waals surface area contributed by atoms with Gasteiger partial charge in [-0.05, 0) is 45.1 Å². The van der Waals surface area contributed by atoms with Crippen LogP contribution in [0.3, 0.4) is 0 Å². The van der Waals surface area contributed by atoms with Crippen LogP contribution in [0.15, 0.2) is 4.99 Å². The quantitative estimate of drug-likeness (QED) is 0.0405. The first-order valence-corrected chi connectivity index (χ1v) is 18.0. The van der Waals surface area contributed by atoms with Crippen molar-refractivity contribution >= 4 is 35.7 Å². The van der Waals surface area contributed by atoms with Crippen molar-refractivity contribution in [1.29, 1.82) is 0 Å². The topological polar surface area (TPSA) is 413 Å². The third-order valence-electron chi connectivity index (χ3n) is 8.85. The molecule has 54 heavy (non-hydrogen) atoms. The maximum Gasteiger partial charge on any atom is 0.404 e. The second-order valence-corrected chi connectivity index (χ2v) is 13.4. The number of rotatable bonds is 24. The Balaban J connectivity index is 1.85. The highest BCUT2D eigenvalue weighted by atomic mass is 16.6. The van der Waals surface area contributed by atoms with Gasteiger partial charge in [-0.2, -0.15) is 0 Å². The van der Waals surface area contributed by atoms with E-state index >= 15 is 0 Å². The maximum atomic E-state index is 13.1. The van der Waals surface area contributed by atoms with E-state index in [9.17, 15) is 44.4 Å². The van der Waals surface area contributed by atoms with Crippen molar-refractivity contribution in [2.45, 2.75) is 125 Å². The lowest BCUT2D eigenvalue weighted by Crippen LogP contribution is -2.69. The van der Waals surface area contributed by atoms with Gasteiger partial charge in [-0.15, -0.1) is 0 Å². The number of carboxylic acids is 1. The van der Waals surface area contributed by atoms with Crippen LogP contribution < -0.4 is 61.0 Å². The first-order valence-electron chi connectivity index (χ1n) is 18.0. The van der Waals surface area contributed by atoms with Crippen LogP contribution in [-0.4, -0.2) is 156 Å². The predicted octanol–water partition coefficient (Wildman–Crippen LogP) is -6.61. The average molecular weight is 777 g/mol. The molecule has 23 heteroatoms. The zero-order chi connectivity index (χ0) is 40.4. The maximum absolute atomic E-state index is 13.1. The van der Waals surface area contributed by atoms with Crippen molar-refractivity contribution < 1.29 is 53.9 Å². The highest BCUT2D eigenvalue weighted by Gasteiger charge is 2.49. The minimum atomic E-state index is -1.69. The average Bonchev–Trinajstić information content (AvgIpc) is 3.54. The van der Waals surface area contributed by atoms with Gasteiger partial charge in [0, 0.05) is 57.0 Å². The Hall–Kier alpha value is -3.94. The van der Waals surface area contributed by atoms with Gasteiger partial charge in [-0.3, -0.25) is 14.4 Å². The van der Waals surface area contributed by atoms with E-state index in [1.54, 1.807) is 0 Å². The first kappa shape index (κ1) is 46.2. The Bertz CT molecular complexity index is 1250. The van der Waals surface area contributed by atoms with Crippen LogP contribution in [0.1, 0.15) is 57.8 Å². The fraction of sp³-hybridized carbons (Fsp3) is 0.806. The normalized spacial score (nSPS) is 25.9. The zero-order valence-electron chi connectivity index (χ0n) is 30.3. The molecule has 2 aliphatic rings. The summed E-state index contributed by atoms with van der Waals surface area (Å²) in [7, 11) is 0. The van der Waals surface area contributed by atoms with Crippen molar-refractivity contribution in [2.24, 2.45) is 39.4 Å². The van der Waals surface area contributed by atoms with Crippen LogP contribution in [0.4, 0.5) is 4.79 Å². The highest BCUT2D eigenvalue weighted by molar-refractivity contribution is 5.89. The van der Waals surface area contributed by atoms with Crippen molar-refractivity contribution in [3.05, 3.63) is 0 Å². The van der Waals surface area contributed by atoms with Gasteiger partial charge in [-0.1, -0.05) is 0 Å². The summed E-state index contributed by atoms with van der Waals surface area (Å²) in [6, 6.07) is -5.28. The van der Waals surface area contributed by atoms with Gasteiger partial charge in [0.15, 0.2) is 24.3 Å². The molecule has 0 aliphatic carbocycles. The van der Waals surface area contributed by atoms with E-state index in [1.165, 1.54) is 0 Å². The standard InChI is InChI=1S/C31H60N12O11/c32-7-1-4-15(34)10-20(46)38-8-2-5-16(35)11-21(47)39-9-3-6-17(36)12-22(48)40-25-26(49)27(54-30(37)52)19(14-44)53-28(25)43-31-41-23(18(45)13-33)24(42-31)29(50)51/h15-19,23-28,44-45,49H,1-14,32-36H2,(H2,37,52)(H,38,46)(H,39,47)(H,40,48)(H,50,51)(H2,41,42,43)/t15-,16-,17-,18+,19-,23+,24-,25-,26-,27-,28+/m0/s1. The van der Waals surface area contributed by atoms with E-state index in [-0.39, 0.29) is 56.2 Å². The van der Waals surface area contributed by atoms with Crippen molar-refractivity contribution in [2.75, 3.05) is 32.8 Å². The summed E-state index contributed by atoms with van der Waals surface area (Å²) in [5.41, 5.74) is 34.2. The molecule has 4 amide bonds. The molecule has 0 aromatic carbocycles. The number of nitrogens with two attached hydrogens (primary N) is 6. The molecule has 0 saturated carbocycles. The molecule has 0 aromatic rings. The van der Waals surface area contributed by atoms with Gasteiger partial charge >= 0.3 is 12.1 Å². The number of aliphatic hydroxyl groups excluding tert-OH is 3. The number of carbonyl (C=O) groups is 5. The molecule has 0 bridgehead atoms. The molecule has 2 rings (SSSR count).